The SMILES string of the molecule is CC(C)(C)c1cc(-c2ccccc2)c(N2c3cc(-n4c5ccc(C(C)(C)C)cc5c5cc(C(C)(C)C)ccc54)ccc3B3c4ccc(-n5c6ccc(C(C)(C)C)cc6c6cc(C(C)(C)C)ccc65)cc4N(c4cccc5c4oc4c(-n6c7ccc(C(C)(C)C)cc7c7cc(C(C)(C)C)ccc76)cccc45)c4cc(-n5c6ccc(C(C)(C)C)cc6c6cc(C(C)(C)C)ccc65)cc2c43)c(-c2ccccc2)c1. The van der Waals surface area contributed by atoms with E-state index in [9.17, 15) is 0 Å². The van der Waals surface area contributed by atoms with Crippen molar-refractivity contribution in [1.82, 2.24) is 18.3 Å². The van der Waals surface area contributed by atoms with Crippen molar-refractivity contribution in [2.75, 3.05) is 9.80 Å². The fraction of sp³-hybridized carbons (Fsp3) is 0.273. The van der Waals surface area contributed by atoms with Gasteiger partial charge in [-0.1, -0.05) is 333 Å². The van der Waals surface area contributed by atoms with Crippen LogP contribution in [0.15, 0.2) is 308 Å². The Morgan fingerprint density at radius 3 is 0.764 bits per heavy atom. The molecule has 21 aromatic rings. The molecule has 7 heterocycles. The molecule has 0 atom stereocenters. The van der Waals surface area contributed by atoms with Gasteiger partial charge in [-0.05, 0) is 284 Å². The molecule has 8 heteroatoms. The van der Waals surface area contributed by atoms with Crippen LogP contribution in [0.25, 0.3) is 154 Å². The lowest BCUT2D eigenvalue weighted by molar-refractivity contribution is 0.590. The number of anilines is 6. The highest BCUT2D eigenvalue weighted by atomic mass is 16.3. The first kappa shape index (κ1) is 90.1. The number of rotatable bonds is 8. The van der Waals surface area contributed by atoms with Crippen molar-refractivity contribution >= 4 is 166 Å². The number of aromatic nitrogens is 4. The third-order valence-electron chi connectivity index (χ3n) is 31.1. The minimum atomic E-state index is -0.372. The highest BCUT2D eigenvalue weighted by Gasteiger charge is 2.47. The van der Waals surface area contributed by atoms with Crippen LogP contribution in [0, 0.1) is 0 Å². The van der Waals surface area contributed by atoms with Gasteiger partial charge < -0.3 is 32.5 Å². The van der Waals surface area contributed by atoms with E-state index >= 15 is 0 Å². The summed E-state index contributed by atoms with van der Waals surface area (Å²) in [7, 11) is 0. The zero-order chi connectivity index (χ0) is 98.2. The number of nitrogens with zero attached hydrogens (tertiary/aromatic N) is 6. The lowest BCUT2D eigenvalue weighted by Gasteiger charge is -2.45. The van der Waals surface area contributed by atoms with Gasteiger partial charge in [-0.3, -0.25) is 0 Å². The Morgan fingerprint density at radius 2 is 0.457 bits per heavy atom. The quantitative estimate of drug-likeness (QED) is 0.142. The standard InChI is InChI=1S/C132H131BN6O/c1-124(2,3)80-44-56-106-96(64-80)97-65-81(125(4,5)6)45-57-107(97)134(106)89-52-54-104-116(74-89)138(115-43-35-41-93-92-40-34-42-114(122(92)140-123(93)115)137-112-62-50-86(130(19,20)21)70-102(112)103-71-87(131(22,23)24)51-63-113(103)137)118-76-91(136-110-60-48-84(128(13,14)15)68-100(110)101-69-85(129(16,17)18)49-61-111(101)136)77-119-120(118)133(104)105-55-53-90(135-108-58-46-82(126(7,8)9)66-98(108)99-67-83(127(10,11)12)47-59-109(99)135)75-117(105)139(119)121-94(78-36-30-28-31-37-78)72-88(132(25,26)27)73-95(121)79-38-32-29-33-39-79/h28-77H,1-27H3. The van der Waals surface area contributed by atoms with Crippen molar-refractivity contribution < 1.29 is 4.42 Å². The van der Waals surface area contributed by atoms with Gasteiger partial charge in [0.2, 0.25) is 0 Å². The van der Waals surface area contributed by atoms with Crippen LogP contribution in [0.2, 0.25) is 0 Å². The fourth-order valence-electron chi connectivity index (χ4n) is 22.9. The van der Waals surface area contributed by atoms with E-state index in [4.69, 9.17) is 4.42 Å². The van der Waals surface area contributed by atoms with Gasteiger partial charge in [0.15, 0.2) is 11.2 Å². The molecule has 0 N–H and O–H groups in total. The van der Waals surface area contributed by atoms with Crippen LogP contribution in [0.4, 0.5) is 34.1 Å². The van der Waals surface area contributed by atoms with Crippen LogP contribution in [0.1, 0.15) is 237 Å². The Kier molecular flexibility index (Phi) is 19.8. The summed E-state index contributed by atoms with van der Waals surface area (Å²) in [6.45, 7) is 63.0. The molecule has 140 heavy (non-hydrogen) atoms. The molecule has 0 spiro atoms. The first-order valence-electron chi connectivity index (χ1n) is 50.8. The average molecular weight is 1830 g/mol. The van der Waals surface area contributed by atoms with Gasteiger partial charge in [0.25, 0.3) is 6.71 Å². The molecule has 7 nitrogen and oxygen atoms in total. The van der Waals surface area contributed by atoms with Crippen LogP contribution >= 0.6 is 0 Å². The summed E-state index contributed by atoms with van der Waals surface area (Å²) < 4.78 is 18.5. The van der Waals surface area contributed by atoms with Gasteiger partial charge in [-0.2, -0.15) is 0 Å². The Balaban J connectivity index is 0.906. The monoisotopic (exact) mass is 1830 g/mol. The zero-order valence-corrected chi connectivity index (χ0v) is 87.0. The summed E-state index contributed by atoms with van der Waals surface area (Å²) in [5.41, 5.74) is 39.8. The number of hydrogen-bond acceptors (Lipinski definition) is 3. The molecule has 2 aliphatic rings. The van der Waals surface area contributed by atoms with E-state index in [1.54, 1.807) is 0 Å². The maximum Gasteiger partial charge on any atom is 0.252 e. The second kappa shape index (κ2) is 30.8. The molecule has 0 radical (unpaired) electrons. The molecule has 0 bridgehead atoms. The number of furan rings is 1. The minimum Gasteiger partial charge on any atom is -0.452 e. The molecule has 0 saturated heterocycles. The summed E-state index contributed by atoms with van der Waals surface area (Å²) >= 11 is 0. The molecule has 0 aliphatic carbocycles. The topological polar surface area (TPSA) is 39.3 Å². The Hall–Kier alpha value is -13.8. The van der Waals surface area contributed by atoms with E-state index in [2.05, 4.69) is 518 Å². The van der Waals surface area contributed by atoms with Crippen molar-refractivity contribution in [2.24, 2.45) is 0 Å². The van der Waals surface area contributed by atoms with Crippen molar-refractivity contribution in [3.05, 3.63) is 353 Å². The van der Waals surface area contributed by atoms with Gasteiger partial charge >= 0.3 is 0 Å². The molecule has 0 fully saturated rings. The predicted octanol–water partition coefficient (Wildman–Crippen LogP) is 35.1. The molecule has 0 unspecified atom stereocenters. The molecule has 2 aliphatic heterocycles. The first-order valence-corrected chi connectivity index (χ1v) is 50.8. The number of fused-ring (bicyclic) bond motifs is 19. The molecule has 698 valence electrons. The third kappa shape index (κ3) is 14.4. The first-order chi connectivity index (χ1) is 66.1. The maximum atomic E-state index is 8.25. The van der Waals surface area contributed by atoms with E-state index in [0.717, 1.165) is 134 Å². The predicted molar refractivity (Wildman–Crippen MR) is 604 cm³/mol. The van der Waals surface area contributed by atoms with E-state index in [1.807, 2.05) is 0 Å². The Morgan fingerprint density at radius 1 is 0.193 bits per heavy atom. The molecule has 23 rings (SSSR count). The molecular formula is C132H131BN6O. The Bertz CT molecular complexity index is 8440. The number of benzene rings is 16. The lowest BCUT2D eigenvalue weighted by atomic mass is 9.33. The van der Waals surface area contributed by atoms with Crippen LogP contribution in [-0.2, 0) is 48.7 Å². The van der Waals surface area contributed by atoms with Crippen LogP contribution in [0.5, 0.6) is 0 Å². The molecule has 5 aromatic heterocycles. The van der Waals surface area contributed by atoms with Gasteiger partial charge in [-0.25, -0.2) is 0 Å². The number of para-hydroxylation sites is 2. The van der Waals surface area contributed by atoms with Crippen LogP contribution in [-0.4, -0.2) is 25.0 Å². The summed E-state index contributed by atoms with van der Waals surface area (Å²) in [5.74, 6) is 0. The van der Waals surface area contributed by atoms with Gasteiger partial charge in [-0.15, -0.1) is 0 Å². The minimum absolute atomic E-state index is 0.0838. The van der Waals surface area contributed by atoms with E-state index in [0.29, 0.717) is 0 Å². The summed E-state index contributed by atoms with van der Waals surface area (Å²) in [6, 6.07) is 120. The van der Waals surface area contributed by atoms with E-state index in [-0.39, 0.29) is 55.4 Å². The highest BCUT2D eigenvalue weighted by Crippen LogP contribution is 2.56. The Labute approximate surface area is 827 Å². The van der Waals surface area contributed by atoms with Crippen LogP contribution in [0.3, 0.4) is 0 Å². The van der Waals surface area contributed by atoms with Crippen molar-refractivity contribution in [1.29, 1.82) is 0 Å². The fourth-order valence-corrected chi connectivity index (χ4v) is 22.9. The summed E-state index contributed by atoms with van der Waals surface area (Å²) in [4.78, 5) is 5.44. The summed E-state index contributed by atoms with van der Waals surface area (Å²) in [5, 5.41) is 11.9. The summed E-state index contributed by atoms with van der Waals surface area (Å²) in [6.07, 6.45) is 0. The number of hydrogen-bond donors (Lipinski definition) is 0. The zero-order valence-electron chi connectivity index (χ0n) is 87.0. The van der Waals surface area contributed by atoms with E-state index < -0.39 is 0 Å². The molecule has 16 aromatic carbocycles. The molecule has 0 amide bonds. The van der Waals surface area contributed by atoms with Crippen LogP contribution < -0.4 is 26.2 Å². The van der Waals surface area contributed by atoms with Crippen molar-refractivity contribution in [2.45, 2.75) is 236 Å². The largest absolute Gasteiger partial charge is 0.452 e. The lowest BCUT2D eigenvalue weighted by Crippen LogP contribution is -2.61. The average Bonchev–Trinajstić information content (AvgIpc) is 0.797. The molecule has 0 saturated carbocycles. The van der Waals surface area contributed by atoms with Gasteiger partial charge in [0.1, 0.15) is 0 Å². The van der Waals surface area contributed by atoms with Gasteiger partial charge in [0, 0.05) is 99.1 Å². The smallest absolute Gasteiger partial charge is 0.252 e. The third-order valence-corrected chi connectivity index (χ3v) is 31.1. The highest BCUT2D eigenvalue weighted by molar-refractivity contribution is 7.00. The maximum absolute atomic E-state index is 8.25. The van der Waals surface area contributed by atoms with E-state index in [1.165, 1.54) is 121 Å². The second-order valence-corrected chi connectivity index (χ2v) is 50.0. The van der Waals surface area contributed by atoms with Gasteiger partial charge in [0.05, 0.1) is 66.9 Å². The van der Waals surface area contributed by atoms with Crippen molar-refractivity contribution in [3.8, 4) is 45.0 Å². The van der Waals surface area contributed by atoms with Crippen molar-refractivity contribution in [3.63, 3.8) is 0 Å². The molecular weight excluding hydrogens is 1700 g/mol. The normalized spacial score (nSPS) is 13.8. The second-order valence-electron chi connectivity index (χ2n) is 50.0.